The molecule has 0 radical (unpaired) electrons. The first-order valence-corrected chi connectivity index (χ1v) is 12.9. The standard InChI is InChI=1S/C19H16BrF3N2O6S2/c1-24-13-3-5-14(6-4-13)32(28,29)17-9-25(10-18(17,27)11-26)33(30,31)16-7-2-12(8-15(16)20)19(21,22)23/h2-8,17,26-27H,9-11H2/t17-,18+/m0/s1. The van der Waals surface area contributed by atoms with Gasteiger partial charge in [0.1, 0.15) is 10.9 Å². The molecule has 0 aliphatic carbocycles. The Labute approximate surface area is 196 Å². The van der Waals surface area contributed by atoms with Crippen LogP contribution in [0.4, 0.5) is 18.9 Å². The Kier molecular flexibility index (Phi) is 6.70. The quantitative estimate of drug-likeness (QED) is 0.535. The van der Waals surface area contributed by atoms with E-state index >= 15 is 0 Å². The molecular weight excluding hydrogens is 553 g/mol. The molecule has 1 heterocycles. The van der Waals surface area contributed by atoms with Gasteiger partial charge >= 0.3 is 6.18 Å². The topological polar surface area (TPSA) is 116 Å². The van der Waals surface area contributed by atoms with Gasteiger partial charge in [-0.15, -0.1) is 0 Å². The number of aliphatic hydroxyl groups excluding tert-OH is 1. The SMILES string of the molecule is [C-]#[N+]c1ccc(S(=O)(=O)[C@H]2CN(S(=O)(=O)c3ccc(C(F)(F)F)cc3Br)C[C@@]2(O)CO)cc1. The molecule has 1 saturated heterocycles. The highest BCUT2D eigenvalue weighted by Gasteiger charge is 2.55. The molecule has 0 unspecified atom stereocenters. The van der Waals surface area contributed by atoms with Crippen LogP contribution in [0.2, 0.25) is 0 Å². The van der Waals surface area contributed by atoms with Crippen LogP contribution < -0.4 is 0 Å². The Morgan fingerprint density at radius 3 is 2.24 bits per heavy atom. The summed E-state index contributed by atoms with van der Waals surface area (Å²) in [6.07, 6.45) is -4.71. The summed E-state index contributed by atoms with van der Waals surface area (Å²) in [7, 11) is -8.93. The van der Waals surface area contributed by atoms with Gasteiger partial charge in [0.25, 0.3) is 0 Å². The number of benzene rings is 2. The van der Waals surface area contributed by atoms with E-state index in [9.17, 15) is 40.2 Å². The molecule has 0 amide bonds. The number of β-amino-alcohol motifs (C(OH)–C–C–N with tert-alkyl or cyclic N) is 1. The smallest absolute Gasteiger partial charge is 0.393 e. The maximum absolute atomic E-state index is 13.1. The number of alkyl halides is 3. The van der Waals surface area contributed by atoms with Gasteiger partial charge < -0.3 is 10.2 Å². The summed E-state index contributed by atoms with van der Waals surface area (Å²) in [6, 6.07) is 6.61. The number of nitrogens with zero attached hydrogens (tertiary/aromatic N) is 2. The Bertz CT molecular complexity index is 1320. The molecule has 2 aromatic carbocycles. The van der Waals surface area contributed by atoms with Crippen molar-refractivity contribution in [3.8, 4) is 0 Å². The van der Waals surface area contributed by atoms with Crippen LogP contribution in [0.15, 0.2) is 56.7 Å². The molecule has 0 saturated carbocycles. The molecule has 0 spiro atoms. The van der Waals surface area contributed by atoms with Crippen molar-refractivity contribution >= 4 is 41.5 Å². The van der Waals surface area contributed by atoms with E-state index in [1.165, 1.54) is 12.1 Å². The predicted molar refractivity (Wildman–Crippen MR) is 114 cm³/mol. The maximum Gasteiger partial charge on any atom is 0.416 e. The van der Waals surface area contributed by atoms with E-state index in [0.29, 0.717) is 16.4 Å². The summed E-state index contributed by atoms with van der Waals surface area (Å²) >= 11 is 2.81. The first kappa shape index (κ1) is 25.6. The number of sulfone groups is 1. The lowest BCUT2D eigenvalue weighted by atomic mass is 10.1. The zero-order valence-corrected chi connectivity index (χ0v) is 19.7. The second-order valence-electron chi connectivity index (χ2n) is 7.34. The van der Waals surface area contributed by atoms with E-state index < -0.39 is 71.5 Å². The van der Waals surface area contributed by atoms with Crippen molar-refractivity contribution in [1.82, 2.24) is 4.31 Å². The van der Waals surface area contributed by atoms with Gasteiger partial charge in [-0.1, -0.05) is 24.3 Å². The van der Waals surface area contributed by atoms with Crippen LogP contribution in [0.3, 0.4) is 0 Å². The molecule has 33 heavy (non-hydrogen) atoms. The van der Waals surface area contributed by atoms with E-state index in [1.54, 1.807) is 0 Å². The van der Waals surface area contributed by atoms with Crippen LogP contribution in [-0.2, 0) is 26.0 Å². The highest BCUT2D eigenvalue weighted by atomic mass is 79.9. The van der Waals surface area contributed by atoms with E-state index in [0.717, 1.165) is 18.2 Å². The predicted octanol–water partition coefficient (Wildman–Crippen LogP) is 2.59. The Morgan fingerprint density at radius 1 is 1.15 bits per heavy atom. The molecule has 2 N–H and O–H groups in total. The van der Waals surface area contributed by atoms with Crippen molar-refractivity contribution in [3.63, 3.8) is 0 Å². The molecule has 2 atom stereocenters. The third-order valence-corrected chi connectivity index (χ3v) is 10.3. The van der Waals surface area contributed by atoms with Gasteiger partial charge in [-0.2, -0.15) is 17.5 Å². The summed E-state index contributed by atoms with van der Waals surface area (Å²) < 4.78 is 91.4. The minimum absolute atomic E-state index is 0.161. The third kappa shape index (κ3) is 4.66. The number of halogens is 4. The molecule has 0 aromatic heterocycles. The van der Waals surface area contributed by atoms with Crippen LogP contribution in [0.1, 0.15) is 5.56 Å². The Hall–Kier alpha value is -2.02. The summed E-state index contributed by atoms with van der Waals surface area (Å²) in [5, 5.41) is 18.8. The first-order valence-electron chi connectivity index (χ1n) is 9.08. The molecule has 178 valence electrons. The lowest BCUT2D eigenvalue weighted by molar-refractivity contribution is -0.137. The summed E-state index contributed by atoms with van der Waals surface area (Å²) in [4.78, 5) is 2.30. The van der Waals surface area contributed by atoms with Crippen LogP contribution in [0.5, 0.6) is 0 Å². The lowest BCUT2D eigenvalue weighted by Crippen LogP contribution is -2.49. The number of aliphatic hydroxyl groups is 2. The molecule has 0 bridgehead atoms. The van der Waals surface area contributed by atoms with Gasteiger partial charge in [-0.3, -0.25) is 0 Å². The lowest BCUT2D eigenvalue weighted by Gasteiger charge is -2.26. The fraction of sp³-hybridized carbons (Fsp3) is 0.316. The normalized spacial score (nSPS) is 22.3. The maximum atomic E-state index is 13.1. The van der Waals surface area contributed by atoms with Gasteiger partial charge in [0, 0.05) is 17.6 Å². The second-order valence-corrected chi connectivity index (χ2v) is 12.2. The highest BCUT2D eigenvalue weighted by Crippen LogP contribution is 2.38. The Balaban J connectivity index is 2.01. The van der Waals surface area contributed by atoms with Crippen LogP contribution in [-0.4, -0.2) is 61.9 Å². The minimum Gasteiger partial charge on any atom is -0.393 e. The number of hydrogen-bond acceptors (Lipinski definition) is 6. The van der Waals surface area contributed by atoms with Gasteiger partial charge in [-0.25, -0.2) is 21.7 Å². The average molecular weight is 569 g/mol. The summed E-state index contributed by atoms with van der Waals surface area (Å²) in [5.74, 6) is 0. The van der Waals surface area contributed by atoms with Crippen molar-refractivity contribution in [3.05, 3.63) is 63.9 Å². The van der Waals surface area contributed by atoms with E-state index in [2.05, 4.69) is 20.8 Å². The van der Waals surface area contributed by atoms with Crippen molar-refractivity contribution in [2.75, 3.05) is 19.7 Å². The molecule has 3 rings (SSSR count). The fourth-order valence-corrected chi connectivity index (χ4v) is 8.04. The van der Waals surface area contributed by atoms with Crippen LogP contribution in [0.25, 0.3) is 4.85 Å². The average Bonchev–Trinajstić information content (AvgIpc) is 3.12. The summed E-state index contributed by atoms with van der Waals surface area (Å²) in [6.45, 7) is 4.30. The minimum atomic E-state index is -4.71. The van der Waals surface area contributed by atoms with Gasteiger partial charge in [-0.05, 0) is 34.1 Å². The second kappa shape index (κ2) is 8.64. The van der Waals surface area contributed by atoms with Crippen molar-refractivity contribution in [2.24, 2.45) is 0 Å². The first-order chi connectivity index (χ1) is 15.2. The van der Waals surface area contributed by atoms with Crippen LogP contribution >= 0.6 is 15.9 Å². The molecular formula is C19H16BrF3N2O6S2. The molecule has 1 aliphatic heterocycles. The molecule has 8 nitrogen and oxygen atoms in total. The molecule has 1 fully saturated rings. The zero-order valence-electron chi connectivity index (χ0n) is 16.5. The zero-order chi connectivity index (χ0) is 24.8. The number of rotatable bonds is 5. The van der Waals surface area contributed by atoms with Crippen molar-refractivity contribution < 1.29 is 40.2 Å². The largest absolute Gasteiger partial charge is 0.416 e. The van der Waals surface area contributed by atoms with E-state index in [1.807, 2.05) is 0 Å². The van der Waals surface area contributed by atoms with Crippen molar-refractivity contribution in [1.29, 1.82) is 0 Å². The summed E-state index contributed by atoms with van der Waals surface area (Å²) in [5.41, 5.74) is -3.30. The molecule has 14 heteroatoms. The van der Waals surface area contributed by atoms with Crippen molar-refractivity contribution in [2.45, 2.75) is 26.8 Å². The number of sulfonamides is 1. The molecule has 2 aromatic rings. The number of hydrogen-bond donors (Lipinski definition) is 2. The fourth-order valence-electron chi connectivity index (χ4n) is 3.45. The van der Waals surface area contributed by atoms with Gasteiger partial charge in [0.15, 0.2) is 15.5 Å². The molecule has 1 aliphatic rings. The monoisotopic (exact) mass is 568 g/mol. The van der Waals surface area contributed by atoms with Gasteiger partial charge in [0.05, 0.1) is 28.5 Å². The Morgan fingerprint density at radius 2 is 1.76 bits per heavy atom. The van der Waals surface area contributed by atoms with E-state index in [4.69, 9.17) is 6.57 Å². The van der Waals surface area contributed by atoms with E-state index in [-0.39, 0.29) is 10.6 Å². The third-order valence-electron chi connectivity index (χ3n) is 5.24. The van der Waals surface area contributed by atoms with Gasteiger partial charge in [0.2, 0.25) is 10.0 Å². The highest BCUT2D eigenvalue weighted by molar-refractivity contribution is 9.10. The van der Waals surface area contributed by atoms with Crippen LogP contribution in [0, 0.1) is 6.57 Å².